The van der Waals surface area contributed by atoms with E-state index in [-0.39, 0.29) is 5.56 Å². The van der Waals surface area contributed by atoms with E-state index in [4.69, 9.17) is 0 Å². The van der Waals surface area contributed by atoms with Crippen LogP contribution in [0, 0.1) is 6.92 Å². The molecule has 0 atom stereocenters. The predicted molar refractivity (Wildman–Crippen MR) is 46.8 cm³/mol. The second-order valence-electron chi connectivity index (χ2n) is 2.55. The lowest BCUT2D eigenvalue weighted by atomic mass is 10.1. The summed E-state index contributed by atoms with van der Waals surface area (Å²) in [4.78, 5) is 11.2. The van der Waals surface area contributed by atoms with Gasteiger partial charge in [-0.2, -0.15) is 5.10 Å². The van der Waals surface area contributed by atoms with Gasteiger partial charge < -0.3 is 0 Å². The third-order valence-electron chi connectivity index (χ3n) is 1.77. The first kappa shape index (κ1) is 7.03. The van der Waals surface area contributed by atoms with Gasteiger partial charge in [0.15, 0.2) is 0 Å². The Labute approximate surface area is 69.0 Å². The quantitative estimate of drug-likeness (QED) is 0.625. The largest absolute Gasteiger partial charge is 0.272 e. The van der Waals surface area contributed by atoms with E-state index in [1.165, 1.54) is 0 Å². The fraction of sp³-hybridized carbons (Fsp3) is 0. The first-order chi connectivity index (χ1) is 5.79. The number of hydrogen-bond donors (Lipinski definition) is 1. The molecule has 0 aliphatic rings. The second kappa shape index (κ2) is 2.44. The van der Waals surface area contributed by atoms with Crippen LogP contribution in [0.15, 0.2) is 29.1 Å². The van der Waals surface area contributed by atoms with E-state index in [0.29, 0.717) is 11.1 Å². The molecule has 1 aromatic heterocycles. The summed E-state index contributed by atoms with van der Waals surface area (Å²) in [5.74, 6) is 0. The Morgan fingerprint density at radius 1 is 1.25 bits per heavy atom. The van der Waals surface area contributed by atoms with Crippen molar-refractivity contribution < 1.29 is 0 Å². The highest BCUT2D eigenvalue weighted by Gasteiger charge is 1.99. The van der Waals surface area contributed by atoms with Gasteiger partial charge in [-0.05, 0) is 13.0 Å². The number of H-pyrrole nitrogens is 1. The highest BCUT2D eigenvalue weighted by Crippen LogP contribution is 2.09. The summed E-state index contributed by atoms with van der Waals surface area (Å²) >= 11 is 0. The van der Waals surface area contributed by atoms with Crippen molar-refractivity contribution >= 4 is 10.8 Å². The molecule has 0 fully saturated rings. The van der Waals surface area contributed by atoms with Gasteiger partial charge >= 0.3 is 0 Å². The molecule has 0 spiro atoms. The zero-order valence-electron chi connectivity index (χ0n) is 6.37. The Morgan fingerprint density at radius 3 is 2.58 bits per heavy atom. The molecule has 3 heteroatoms. The van der Waals surface area contributed by atoms with Crippen molar-refractivity contribution in [2.45, 2.75) is 0 Å². The van der Waals surface area contributed by atoms with E-state index >= 15 is 0 Å². The summed E-state index contributed by atoms with van der Waals surface area (Å²) in [6.07, 6.45) is 0. The average molecular weight is 159 g/mol. The Hall–Kier alpha value is -1.64. The van der Waals surface area contributed by atoms with Crippen LogP contribution in [0.4, 0.5) is 0 Å². The molecule has 0 aliphatic carbocycles. The molecule has 0 aliphatic heterocycles. The number of nitrogens with zero attached hydrogens (tertiary/aromatic N) is 1. The molecule has 1 N–H and O–H groups in total. The number of aromatic amines is 1. The highest BCUT2D eigenvalue weighted by atomic mass is 16.1. The van der Waals surface area contributed by atoms with Crippen LogP contribution in [0.1, 0.15) is 5.69 Å². The summed E-state index contributed by atoms with van der Waals surface area (Å²) in [7, 11) is 0. The Morgan fingerprint density at radius 2 is 1.92 bits per heavy atom. The van der Waals surface area contributed by atoms with Gasteiger partial charge in [-0.25, -0.2) is 5.10 Å². The number of fused-ring (bicyclic) bond motifs is 1. The van der Waals surface area contributed by atoms with Gasteiger partial charge in [-0.1, -0.05) is 18.2 Å². The molecule has 1 heterocycles. The molecule has 1 radical (unpaired) electrons. The first-order valence-corrected chi connectivity index (χ1v) is 3.58. The monoisotopic (exact) mass is 159 g/mol. The topological polar surface area (TPSA) is 45.8 Å². The van der Waals surface area contributed by atoms with E-state index in [1.807, 2.05) is 18.2 Å². The number of aromatic nitrogens is 2. The molecular weight excluding hydrogens is 152 g/mol. The predicted octanol–water partition coefficient (Wildman–Crippen LogP) is 1.11. The second-order valence-corrected chi connectivity index (χ2v) is 2.55. The standard InChI is InChI=1S/C9H7N2O/c1-6-7-4-2-3-5-8(7)9(12)11-10-6/h2-5H,1H2,(H,11,12). The molecule has 0 saturated heterocycles. The van der Waals surface area contributed by atoms with Gasteiger partial charge in [0.2, 0.25) is 0 Å². The molecule has 2 aromatic rings. The lowest BCUT2D eigenvalue weighted by molar-refractivity contribution is 0.991. The lowest BCUT2D eigenvalue weighted by Crippen LogP contribution is -2.09. The summed E-state index contributed by atoms with van der Waals surface area (Å²) in [5, 5.41) is 7.58. The molecule has 0 saturated carbocycles. The van der Waals surface area contributed by atoms with Crippen LogP contribution < -0.4 is 5.56 Å². The van der Waals surface area contributed by atoms with Crippen molar-refractivity contribution in [2.75, 3.05) is 0 Å². The van der Waals surface area contributed by atoms with E-state index in [2.05, 4.69) is 17.1 Å². The van der Waals surface area contributed by atoms with Gasteiger partial charge in [0.1, 0.15) is 0 Å². The van der Waals surface area contributed by atoms with Crippen LogP contribution in [-0.4, -0.2) is 10.2 Å². The van der Waals surface area contributed by atoms with Gasteiger partial charge in [0.25, 0.3) is 5.56 Å². The molecule has 2 rings (SSSR count). The molecule has 12 heavy (non-hydrogen) atoms. The summed E-state index contributed by atoms with van der Waals surface area (Å²) in [6, 6.07) is 7.26. The van der Waals surface area contributed by atoms with Crippen LogP contribution in [0.5, 0.6) is 0 Å². The van der Waals surface area contributed by atoms with E-state index in [1.54, 1.807) is 6.07 Å². The van der Waals surface area contributed by atoms with Crippen molar-refractivity contribution in [1.29, 1.82) is 0 Å². The normalized spacial score (nSPS) is 10.4. The van der Waals surface area contributed by atoms with Gasteiger partial charge in [-0.3, -0.25) is 4.79 Å². The van der Waals surface area contributed by atoms with Gasteiger partial charge in [0, 0.05) is 5.39 Å². The number of rotatable bonds is 0. The summed E-state index contributed by atoms with van der Waals surface area (Å²) < 4.78 is 0. The summed E-state index contributed by atoms with van der Waals surface area (Å²) in [6.45, 7) is 3.71. The maximum absolute atomic E-state index is 11.2. The minimum Gasteiger partial charge on any atom is -0.267 e. The molecule has 0 amide bonds. The van der Waals surface area contributed by atoms with Crippen LogP contribution >= 0.6 is 0 Å². The zero-order valence-corrected chi connectivity index (χ0v) is 6.37. The fourth-order valence-electron chi connectivity index (χ4n) is 1.17. The average Bonchev–Trinajstić information content (AvgIpc) is 2.12. The van der Waals surface area contributed by atoms with Crippen molar-refractivity contribution in [3.8, 4) is 0 Å². The van der Waals surface area contributed by atoms with Gasteiger partial charge in [0.05, 0.1) is 11.1 Å². The molecule has 3 nitrogen and oxygen atoms in total. The number of benzene rings is 1. The van der Waals surface area contributed by atoms with E-state index in [9.17, 15) is 4.79 Å². The molecule has 0 unspecified atom stereocenters. The maximum Gasteiger partial charge on any atom is 0.272 e. The summed E-state index contributed by atoms with van der Waals surface area (Å²) in [5.41, 5.74) is 0.434. The third-order valence-corrected chi connectivity index (χ3v) is 1.77. The molecule has 59 valence electrons. The number of hydrogen-bond acceptors (Lipinski definition) is 2. The minimum atomic E-state index is -0.169. The smallest absolute Gasteiger partial charge is 0.267 e. The number of nitrogens with one attached hydrogen (secondary N) is 1. The van der Waals surface area contributed by atoms with Crippen molar-refractivity contribution in [3.63, 3.8) is 0 Å². The van der Waals surface area contributed by atoms with Crippen LogP contribution in [0.2, 0.25) is 0 Å². The first-order valence-electron chi connectivity index (χ1n) is 3.58. The van der Waals surface area contributed by atoms with Crippen LogP contribution in [0.3, 0.4) is 0 Å². The molecular formula is C9H7N2O. The SMILES string of the molecule is [CH2]c1n[nH]c(=O)c2ccccc12. The van der Waals surface area contributed by atoms with E-state index < -0.39 is 0 Å². The Balaban J connectivity index is 3.05. The molecule has 1 aromatic carbocycles. The van der Waals surface area contributed by atoms with Crippen LogP contribution in [0.25, 0.3) is 10.8 Å². The highest BCUT2D eigenvalue weighted by molar-refractivity contribution is 5.83. The lowest BCUT2D eigenvalue weighted by Gasteiger charge is -1.97. The van der Waals surface area contributed by atoms with Crippen molar-refractivity contribution in [2.24, 2.45) is 0 Å². The zero-order chi connectivity index (χ0) is 8.55. The van der Waals surface area contributed by atoms with Crippen molar-refractivity contribution in [3.05, 3.63) is 47.2 Å². The van der Waals surface area contributed by atoms with E-state index in [0.717, 1.165) is 5.39 Å². The van der Waals surface area contributed by atoms with Gasteiger partial charge in [-0.15, -0.1) is 0 Å². The van der Waals surface area contributed by atoms with Crippen molar-refractivity contribution in [1.82, 2.24) is 10.2 Å². The maximum atomic E-state index is 11.2. The fourth-order valence-corrected chi connectivity index (χ4v) is 1.17. The minimum absolute atomic E-state index is 0.169. The van der Waals surface area contributed by atoms with Crippen LogP contribution in [-0.2, 0) is 0 Å². The Kier molecular flexibility index (Phi) is 1.43. The molecule has 0 bridgehead atoms. The Bertz CT molecular complexity index is 473. The third kappa shape index (κ3) is 0.906.